The average Bonchev–Trinajstić information content (AvgIpc) is 3.43. The average molecular weight is 490 g/mol. The topological polar surface area (TPSA) is 70.6 Å². The molecule has 0 bridgehead atoms. The Morgan fingerprint density at radius 3 is 2.35 bits per heavy atom. The van der Waals surface area contributed by atoms with E-state index in [2.05, 4.69) is 0 Å². The molecule has 0 N–H and O–H groups in total. The lowest BCUT2D eigenvalue weighted by atomic mass is 10.1. The first-order valence-corrected chi connectivity index (χ1v) is 12.0. The zero-order valence-electron chi connectivity index (χ0n) is 18.3. The fourth-order valence-electron chi connectivity index (χ4n) is 3.97. The first-order chi connectivity index (χ1) is 16.4. The van der Waals surface area contributed by atoms with Crippen molar-refractivity contribution in [2.75, 3.05) is 9.80 Å². The standard InChI is InChI=1S/C26H20ClN3O3S/c1-16-20(27)11-12-21-24(16)28-26(34-21)29(15-17-5-3-2-4-6-17)25(33)18-7-9-19(10-8-18)30-22(31)13-14-23(30)32/h2-12H,13-15H2,1H3. The van der Waals surface area contributed by atoms with Crippen LogP contribution in [0.15, 0.2) is 66.7 Å². The number of carbonyl (C=O) groups is 3. The largest absolute Gasteiger partial charge is 0.279 e. The Kier molecular flexibility index (Phi) is 5.89. The molecule has 0 atom stereocenters. The molecule has 170 valence electrons. The molecule has 1 aromatic heterocycles. The second-order valence-electron chi connectivity index (χ2n) is 8.06. The SMILES string of the molecule is Cc1c(Cl)ccc2sc(N(Cc3ccccc3)C(=O)c3ccc(N4C(=O)CCC4=O)cc3)nc12. The van der Waals surface area contributed by atoms with Gasteiger partial charge in [-0.05, 0) is 54.4 Å². The van der Waals surface area contributed by atoms with Gasteiger partial charge in [-0.1, -0.05) is 53.3 Å². The molecule has 6 nitrogen and oxygen atoms in total. The van der Waals surface area contributed by atoms with Gasteiger partial charge >= 0.3 is 0 Å². The Bertz CT molecular complexity index is 1400. The normalized spacial score (nSPS) is 13.6. The number of hydrogen-bond acceptors (Lipinski definition) is 5. The van der Waals surface area contributed by atoms with E-state index in [0.717, 1.165) is 21.3 Å². The number of carbonyl (C=O) groups excluding carboxylic acids is 3. The van der Waals surface area contributed by atoms with Crippen molar-refractivity contribution in [2.45, 2.75) is 26.3 Å². The lowest BCUT2D eigenvalue weighted by Gasteiger charge is -2.21. The highest BCUT2D eigenvalue weighted by Gasteiger charge is 2.30. The monoisotopic (exact) mass is 489 g/mol. The van der Waals surface area contributed by atoms with Gasteiger partial charge in [-0.3, -0.25) is 24.2 Å². The number of amides is 3. The zero-order valence-corrected chi connectivity index (χ0v) is 19.9. The summed E-state index contributed by atoms with van der Waals surface area (Å²) in [6.45, 7) is 2.26. The van der Waals surface area contributed by atoms with Gasteiger partial charge in [0.25, 0.3) is 5.91 Å². The molecule has 8 heteroatoms. The van der Waals surface area contributed by atoms with Crippen LogP contribution < -0.4 is 9.80 Å². The van der Waals surface area contributed by atoms with Gasteiger partial charge in [0.2, 0.25) is 11.8 Å². The molecule has 0 aliphatic carbocycles. The molecular weight excluding hydrogens is 470 g/mol. The minimum absolute atomic E-state index is 0.214. The van der Waals surface area contributed by atoms with E-state index in [1.54, 1.807) is 29.2 Å². The van der Waals surface area contributed by atoms with Crippen molar-refractivity contribution in [1.82, 2.24) is 4.98 Å². The minimum atomic E-state index is -0.225. The van der Waals surface area contributed by atoms with Crippen LogP contribution in [0.2, 0.25) is 5.02 Å². The van der Waals surface area contributed by atoms with Gasteiger partial charge in [0.15, 0.2) is 5.13 Å². The predicted molar refractivity (Wildman–Crippen MR) is 134 cm³/mol. The number of halogens is 1. The molecule has 0 radical (unpaired) electrons. The number of anilines is 2. The van der Waals surface area contributed by atoms with Gasteiger partial charge in [0.1, 0.15) is 0 Å². The molecule has 1 aliphatic rings. The summed E-state index contributed by atoms with van der Waals surface area (Å²) in [6.07, 6.45) is 0.427. The van der Waals surface area contributed by atoms with Crippen molar-refractivity contribution in [3.05, 3.63) is 88.4 Å². The maximum absolute atomic E-state index is 13.7. The van der Waals surface area contributed by atoms with Crippen LogP contribution >= 0.6 is 22.9 Å². The number of benzene rings is 3. The number of nitrogens with zero attached hydrogens (tertiary/aromatic N) is 3. The van der Waals surface area contributed by atoms with Crippen LogP contribution in [0, 0.1) is 6.92 Å². The highest BCUT2D eigenvalue weighted by Crippen LogP contribution is 2.35. The number of rotatable bonds is 5. The number of fused-ring (bicyclic) bond motifs is 1. The van der Waals surface area contributed by atoms with Crippen molar-refractivity contribution >= 4 is 61.7 Å². The summed E-state index contributed by atoms with van der Waals surface area (Å²) in [5, 5.41) is 1.20. The Hall–Kier alpha value is -3.55. The minimum Gasteiger partial charge on any atom is -0.279 e. The summed E-state index contributed by atoms with van der Waals surface area (Å²) in [5.41, 5.74) is 3.53. The maximum Gasteiger partial charge on any atom is 0.260 e. The first kappa shape index (κ1) is 22.3. The second-order valence-corrected chi connectivity index (χ2v) is 9.48. The van der Waals surface area contributed by atoms with Gasteiger partial charge in [-0.15, -0.1) is 0 Å². The van der Waals surface area contributed by atoms with Gasteiger partial charge in [-0.25, -0.2) is 4.98 Å². The molecule has 3 amide bonds. The zero-order chi connectivity index (χ0) is 23.8. The Morgan fingerprint density at radius 1 is 1.00 bits per heavy atom. The van der Waals surface area contributed by atoms with Crippen molar-refractivity contribution in [2.24, 2.45) is 0 Å². The summed E-state index contributed by atoms with van der Waals surface area (Å²) in [5.74, 6) is -0.672. The molecule has 5 rings (SSSR count). The second kappa shape index (κ2) is 9.00. The Balaban J connectivity index is 1.51. The third kappa shape index (κ3) is 4.08. The highest BCUT2D eigenvalue weighted by atomic mass is 35.5. The van der Waals surface area contributed by atoms with Crippen molar-refractivity contribution < 1.29 is 14.4 Å². The van der Waals surface area contributed by atoms with Gasteiger partial charge in [-0.2, -0.15) is 0 Å². The van der Waals surface area contributed by atoms with Crippen LogP contribution in [0.4, 0.5) is 10.8 Å². The summed E-state index contributed by atoms with van der Waals surface area (Å²) >= 11 is 7.72. The quantitative estimate of drug-likeness (QED) is 0.334. The van der Waals surface area contributed by atoms with E-state index in [0.29, 0.717) is 27.9 Å². The van der Waals surface area contributed by atoms with E-state index < -0.39 is 0 Å². The molecule has 1 aliphatic heterocycles. The number of imide groups is 1. The van der Waals surface area contributed by atoms with E-state index in [1.807, 2.05) is 49.4 Å². The molecule has 1 fully saturated rings. The molecule has 0 unspecified atom stereocenters. The Morgan fingerprint density at radius 2 is 1.68 bits per heavy atom. The van der Waals surface area contributed by atoms with Gasteiger partial charge < -0.3 is 0 Å². The van der Waals surface area contributed by atoms with Crippen molar-refractivity contribution in [1.29, 1.82) is 0 Å². The highest BCUT2D eigenvalue weighted by molar-refractivity contribution is 7.22. The van der Waals surface area contributed by atoms with Gasteiger partial charge in [0, 0.05) is 23.4 Å². The van der Waals surface area contributed by atoms with Crippen LogP contribution in [-0.4, -0.2) is 22.7 Å². The maximum atomic E-state index is 13.7. The van der Waals surface area contributed by atoms with E-state index in [9.17, 15) is 14.4 Å². The van der Waals surface area contributed by atoms with Crippen molar-refractivity contribution in [3.63, 3.8) is 0 Å². The molecule has 4 aromatic rings. The van der Waals surface area contributed by atoms with E-state index >= 15 is 0 Å². The third-order valence-corrected chi connectivity index (χ3v) is 7.27. The smallest absolute Gasteiger partial charge is 0.260 e. The molecule has 3 aromatic carbocycles. The number of thiazole rings is 1. The van der Waals surface area contributed by atoms with Gasteiger partial charge in [0.05, 0.1) is 22.4 Å². The molecule has 1 saturated heterocycles. The fraction of sp³-hybridized carbons (Fsp3) is 0.154. The molecular formula is C26H20ClN3O3S. The fourth-order valence-corrected chi connectivity index (χ4v) is 5.15. The van der Waals surface area contributed by atoms with Crippen molar-refractivity contribution in [3.8, 4) is 0 Å². The lowest BCUT2D eigenvalue weighted by molar-refractivity contribution is -0.121. The lowest BCUT2D eigenvalue weighted by Crippen LogP contribution is -2.31. The molecule has 0 saturated carbocycles. The van der Waals surface area contributed by atoms with E-state index in [1.165, 1.54) is 16.2 Å². The number of aryl methyl sites for hydroxylation is 1. The van der Waals surface area contributed by atoms with Crippen LogP contribution in [0.1, 0.15) is 34.3 Å². The van der Waals surface area contributed by atoms with Crippen LogP contribution in [0.3, 0.4) is 0 Å². The summed E-state index contributed by atoms with van der Waals surface area (Å²) < 4.78 is 0.948. The van der Waals surface area contributed by atoms with Crippen LogP contribution in [0.25, 0.3) is 10.2 Å². The molecule has 0 spiro atoms. The first-order valence-electron chi connectivity index (χ1n) is 10.8. The van der Waals surface area contributed by atoms with E-state index in [-0.39, 0.29) is 30.6 Å². The number of hydrogen-bond donors (Lipinski definition) is 0. The summed E-state index contributed by atoms with van der Waals surface area (Å²) in [7, 11) is 0. The number of aromatic nitrogens is 1. The van der Waals surface area contributed by atoms with Crippen LogP contribution in [-0.2, 0) is 16.1 Å². The predicted octanol–water partition coefficient (Wildman–Crippen LogP) is 5.76. The third-order valence-electron chi connectivity index (χ3n) is 5.82. The molecule has 2 heterocycles. The summed E-state index contributed by atoms with van der Waals surface area (Å²) in [4.78, 5) is 45.3. The van der Waals surface area contributed by atoms with E-state index in [4.69, 9.17) is 16.6 Å². The summed E-state index contributed by atoms with van der Waals surface area (Å²) in [6, 6.07) is 20.0. The Labute approximate surface area is 205 Å². The molecule has 34 heavy (non-hydrogen) atoms. The van der Waals surface area contributed by atoms with Crippen LogP contribution in [0.5, 0.6) is 0 Å².